The van der Waals surface area contributed by atoms with E-state index in [0.717, 1.165) is 5.69 Å². The number of amides is 1. The molecule has 0 saturated carbocycles. The molecule has 104 valence electrons. The SMILES string of the molecule is CC(NC(=O)C1CNc2ccccc2O1)c1ncn[nH]1. The van der Waals surface area contributed by atoms with Gasteiger partial charge in [-0.15, -0.1) is 0 Å². The van der Waals surface area contributed by atoms with Gasteiger partial charge in [-0.1, -0.05) is 12.1 Å². The molecule has 0 bridgehead atoms. The van der Waals surface area contributed by atoms with Crippen LogP contribution >= 0.6 is 0 Å². The monoisotopic (exact) mass is 273 g/mol. The smallest absolute Gasteiger partial charge is 0.263 e. The van der Waals surface area contributed by atoms with Crippen LogP contribution < -0.4 is 15.4 Å². The number of benzene rings is 1. The summed E-state index contributed by atoms with van der Waals surface area (Å²) in [6.45, 7) is 2.27. The Hall–Kier alpha value is -2.57. The van der Waals surface area contributed by atoms with Gasteiger partial charge in [-0.2, -0.15) is 5.10 Å². The Labute approximate surface area is 115 Å². The first-order valence-electron chi connectivity index (χ1n) is 6.39. The standard InChI is InChI=1S/C13H15N5O2/c1-8(12-15-7-16-18-12)17-13(19)11-6-14-9-4-2-3-5-10(9)20-11/h2-5,7-8,11,14H,6H2,1H3,(H,17,19)(H,15,16,18). The van der Waals surface area contributed by atoms with Gasteiger partial charge in [0, 0.05) is 0 Å². The third-order valence-electron chi connectivity index (χ3n) is 3.13. The highest BCUT2D eigenvalue weighted by Crippen LogP contribution is 2.28. The van der Waals surface area contributed by atoms with Crippen LogP contribution in [-0.4, -0.2) is 33.7 Å². The molecule has 7 heteroatoms. The number of H-pyrrole nitrogens is 1. The van der Waals surface area contributed by atoms with Crippen molar-refractivity contribution < 1.29 is 9.53 Å². The largest absolute Gasteiger partial charge is 0.477 e. The number of ether oxygens (including phenoxy) is 1. The topological polar surface area (TPSA) is 91.9 Å². The molecular formula is C13H15N5O2. The van der Waals surface area contributed by atoms with Crippen LogP contribution in [0.3, 0.4) is 0 Å². The summed E-state index contributed by atoms with van der Waals surface area (Å²) in [5, 5.41) is 12.5. The van der Waals surface area contributed by atoms with E-state index in [1.54, 1.807) is 0 Å². The fourth-order valence-corrected chi connectivity index (χ4v) is 2.06. The summed E-state index contributed by atoms with van der Waals surface area (Å²) >= 11 is 0. The third-order valence-corrected chi connectivity index (χ3v) is 3.13. The number of hydrogen-bond acceptors (Lipinski definition) is 5. The van der Waals surface area contributed by atoms with Crippen molar-refractivity contribution in [3.63, 3.8) is 0 Å². The molecule has 1 aliphatic rings. The van der Waals surface area contributed by atoms with E-state index in [-0.39, 0.29) is 11.9 Å². The van der Waals surface area contributed by atoms with E-state index >= 15 is 0 Å². The Morgan fingerprint density at radius 2 is 2.35 bits per heavy atom. The highest BCUT2D eigenvalue weighted by atomic mass is 16.5. The molecule has 0 aliphatic carbocycles. The molecule has 7 nitrogen and oxygen atoms in total. The van der Waals surface area contributed by atoms with Crippen LogP contribution in [0.15, 0.2) is 30.6 Å². The number of rotatable bonds is 3. The van der Waals surface area contributed by atoms with Crippen molar-refractivity contribution in [3.05, 3.63) is 36.4 Å². The molecule has 0 saturated heterocycles. The van der Waals surface area contributed by atoms with Crippen LogP contribution in [-0.2, 0) is 4.79 Å². The summed E-state index contributed by atoms with van der Waals surface area (Å²) in [6, 6.07) is 7.30. The molecule has 2 atom stereocenters. The van der Waals surface area contributed by atoms with Crippen molar-refractivity contribution in [1.82, 2.24) is 20.5 Å². The molecule has 2 unspecified atom stereocenters. The van der Waals surface area contributed by atoms with Gasteiger partial charge in [0.15, 0.2) is 6.10 Å². The average Bonchev–Trinajstić information content (AvgIpc) is 3.01. The number of aromatic amines is 1. The van der Waals surface area contributed by atoms with E-state index in [4.69, 9.17) is 4.74 Å². The molecule has 2 heterocycles. The van der Waals surface area contributed by atoms with Crippen LogP contribution in [0, 0.1) is 0 Å². The Kier molecular flexibility index (Phi) is 3.24. The van der Waals surface area contributed by atoms with Crippen LogP contribution in [0.4, 0.5) is 5.69 Å². The Balaban J connectivity index is 1.64. The van der Waals surface area contributed by atoms with Gasteiger partial charge in [-0.05, 0) is 19.1 Å². The summed E-state index contributed by atoms with van der Waals surface area (Å²) < 4.78 is 5.69. The number of nitrogens with zero attached hydrogens (tertiary/aromatic N) is 2. The number of para-hydroxylation sites is 2. The lowest BCUT2D eigenvalue weighted by Gasteiger charge is -2.27. The van der Waals surface area contributed by atoms with Gasteiger partial charge >= 0.3 is 0 Å². The van der Waals surface area contributed by atoms with Gasteiger partial charge in [0.25, 0.3) is 5.91 Å². The Morgan fingerprint density at radius 1 is 1.50 bits per heavy atom. The van der Waals surface area contributed by atoms with Crippen molar-refractivity contribution in [3.8, 4) is 5.75 Å². The zero-order valence-electron chi connectivity index (χ0n) is 11.0. The van der Waals surface area contributed by atoms with Crippen LogP contribution in [0.25, 0.3) is 0 Å². The molecule has 20 heavy (non-hydrogen) atoms. The van der Waals surface area contributed by atoms with Gasteiger partial charge in [0.05, 0.1) is 18.3 Å². The number of fused-ring (bicyclic) bond motifs is 1. The molecule has 0 spiro atoms. The molecule has 0 fully saturated rings. The quantitative estimate of drug-likeness (QED) is 0.771. The second kappa shape index (κ2) is 5.20. The lowest BCUT2D eigenvalue weighted by Crippen LogP contribution is -2.45. The summed E-state index contributed by atoms with van der Waals surface area (Å²) in [4.78, 5) is 16.2. The van der Waals surface area contributed by atoms with Gasteiger partial charge in [0.1, 0.15) is 17.9 Å². The maximum Gasteiger partial charge on any atom is 0.263 e. The van der Waals surface area contributed by atoms with Crippen molar-refractivity contribution in [2.24, 2.45) is 0 Å². The first-order valence-corrected chi connectivity index (χ1v) is 6.39. The Morgan fingerprint density at radius 3 is 3.15 bits per heavy atom. The first-order chi connectivity index (χ1) is 9.74. The van der Waals surface area contributed by atoms with E-state index in [9.17, 15) is 4.79 Å². The predicted molar refractivity (Wildman–Crippen MR) is 72.3 cm³/mol. The summed E-state index contributed by atoms with van der Waals surface area (Å²) in [5.74, 6) is 1.12. The molecular weight excluding hydrogens is 258 g/mol. The molecule has 1 aromatic heterocycles. The average molecular weight is 273 g/mol. The summed E-state index contributed by atoms with van der Waals surface area (Å²) in [5.41, 5.74) is 0.903. The third kappa shape index (κ3) is 2.42. The lowest BCUT2D eigenvalue weighted by molar-refractivity contribution is -0.128. The van der Waals surface area contributed by atoms with Crippen molar-refractivity contribution in [2.45, 2.75) is 19.1 Å². The minimum Gasteiger partial charge on any atom is -0.477 e. The van der Waals surface area contributed by atoms with Gasteiger partial charge < -0.3 is 15.4 Å². The normalized spacial score (nSPS) is 18.4. The highest BCUT2D eigenvalue weighted by Gasteiger charge is 2.27. The van der Waals surface area contributed by atoms with Crippen molar-refractivity contribution in [2.75, 3.05) is 11.9 Å². The minimum absolute atomic E-state index is 0.184. The van der Waals surface area contributed by atoms with E-state index in [0.29, 0.717) is 18.1 Å². The van der Waals surface area contributed by atoms with Crippen LogP contribution in [0.2, 0.25) is 0 Å². The number of nitrogens with one attached hydrogen (secondary N) is 3. The van der Waals surface area contributed by atoms with Crippen molar-refractivity contribution >= 4 is 11.6 Å². The molecule has 1 amide bonds. The maximum atomic E-state index is 12.2. The fraction of sp³-hybridized carbons (Fsp3) is 0.308. The molecule has 3 rings (SSSR count). The second-order valence-corrected chi connectivity index (χ2v) is 4.58. The summed E-state index contributed by atoms with van der Waals surface area (Å²) in [7, 11) is 0. The van der Waals surface area contributed by atoms with Gasteiger partial charge in [0.2, 0.25) is 0 Å². The number of anilines is 1. The number of carbonyl (C=O) groups is 1. The number of hydrogen-bond donors (Lipinski definition) is 3. The van der Waals surface area contributed by atoms with Crippen molar-refractivity contribution in [1.29, 1.82) is 0 Å². The minimum atomic E-state index is -0.560. The number of aromatic nitrogens is 3. The van der Waals surface area contributed by atoms with Crippen LogP contribution in [0.1, 0.15) is 18.8 Å². The molecule has 1 aliphatic heterocycles. The molecule has 2 aromatic rings. The summed E-state index contributed by atoms with van der Waals surface area (Å²) in [6.07, 6.45) is 0.850. The Bertz CT molecular complexity index is 599. The van der Waals surface area contributed by atoms with E-state index in [2.05, 4.69) is 25.8 Å². The fourth-order valence-electron chi connectivity index (χ4n) is 2.06. The second-order valence-electron chi connectivity index (χ2n) is 4.58. The van der Waals surface area contributed by atoms with Crippen LogP contribution in [0.5, 0.6) is 5.75 Å². The van der Waals surface area contributed by atoms with E-state index in [1.807, 2.05) is 31.2 Å². The van der Waals surface area contributed by atoms with Gasteiger partial charge in [-0.3, -0.25) is 9.89 Å². The molecule has 3 N–H and O–H groups in total. The maximum absolute atomic E-state index is 12.2. The molecule has 1 aromatic carbocycles. The van der Waals surface area contributed by atoms with E-state index in [1.165, 1.54) is 6.33 Å². The van der Waals surface area contributed by atoms with E-state index < -0.39 is 6.10 Å². The molecule has 0 radical (unpaired) electrons. The van der Waals surface area contributed by atoms with Gasteiger partial charge in [-0.25, -0.2) is 4.98 Å². The zero-order chi connectivity index (χ0) is 13.9. The predicted octanol–water partition coefficient (Wildman–Crippen LogP) is 0.855. The highest BCUT2D eigenvalue weighted by molar-refractivity contribution is 5.83. The number of carbonyl (C=O) groups excluding carboxylic acids is 1. The first kappa shape index (κ1) is 12.5. The lowest BCUT2D eigenvalue weighted by atomic mass is 10.2. The zero-order valence-corrected chi connectivity index (χ0v) is 11.0.